The topological polar surface area (TPSA) is 64.1 Å². The molecule has 1 aliphatic rings. The third kappa shape index (κ3) is 4.07. The van der Waals surface area contributed by atoms with Crippen LogP contribution >= 0.6 is 0 Å². The maximum absolute atomic E-state index is 5.92. The van der Waals surface area contributed by atoms with Crippen LogP contribution in [0, 0.1) is 0 Å². The van der Waals surface area contributed by atoms with Crippen molar-refractivity contribution in [2.24, 2.45) is 11.5 Å². The van der Waals surface area contributed by atoms with Gasteiger partial charge in [-0.2, -0.15) is 0 Å². The van der Waals surface area contributed by atoms with Gasteiger partial charge in [0.05, 0.1) is 0 Å². The highest BCUT2D eigenvalue weighted by atomic mass is 15.2. The van der Waals surface area contributed by atoms with Crippen molar-refractivity contribution in [1.82, 2.24) is 5.32 Å². The van der Waals surface area contributed by atoms with Gasteiger partial charge in [-0.15, -0.1) is 0 Å². The van der Waals surface area contributed by atoms with Gasteiger partial charge in [0.15, 0.2) is 0 Å². The zero-order valence-electron chi connectivity index (χ0n) is 8.68. The first-order chi connectivity index (χ1) is 6.14. The van der Waals surface area contributed by atoms with Crippen molar-refractivity contribution < 1.29 is 0 Å². The van der Waals surface area contributed by atoms with Crippen LogP contribution < -0.4 is 16.8 Å². The molecule has 78 valence electrons. The number of hydrogen-bond acceptors (Lipinski definition) is 3. The van der Waals surface area contributed by atoms with Crippen LogP contribution in [0.15, 0.2) is 0 Å². The molecule has 0 aliphatic heterocycles. The zero-order valence-corrected chi connectivity index (χ0v) is 8.68. The summed E-state index contributed by atoms with van der Waals surface area (Å²) < 4.78 is 0. The van der Waals surface area contributed by atoms with Gasteiger partial charge in [-0.3, -0.25) is 5.32 Å². The molecule has 5 N–H and O–H groups in total. The Morgan fingerprint density at radius 3 is 2.38 bits per heavy atom. The van der Waals surface area contributed by atoms with Gasteiger partial charge in [0.1, 0.15) is 5.79 Å². The number of rotatable bonds is 4. The van der Waals surface area contributed by atoms with E-state index in [1.165, 1.54) is 32.1 Å². The molecule has 1 saturated carbocycles. The Balaban J connectivity index is 2.28. The number of nitrogens with two attached hydrogens (primary N) is 2. The van der Waals surface area contributed by atoms with Gasteiger partial charge in [-0.05, 0) is 19.3 Å². The van der Waals surface area contributed by atoms with Crippen LogP contribution in [0.5, 0.6) is 0 Å². The fourth-order valence-electron chi connectivity index (χ4n) is 2.11. The second kappa shape index (κ2) is 4.94. The van der Waals surface area contributed by atoms with Gasteiger partial charge in [0, 0.05) is 6.04 Å². The molecule has 0 aromatic carbocycles. The molecule has 0 unspecified atom stereocenters. The second-order valence-corrected chi connectivity index (χ2v) is 4.27. The maximum Gasteiger partial charge on any atom is 0.118 e. The number of hydrogen-bond donors (Lipinski definition) is 3. The molecule has 0 amide bonds. The van der Waals surface area contributed by atoms with E-state index in [-0.39, 0.29) is 0 Å². The molecule has 0 bridgehead atoms. The Hall–Kier alpha value is -0.120. The van der Waals surface area contributed by atoms with Crippen molar-refractivity contribution in [1.29, 1.82) is 0 Å². The van der Waals surface area contributed by atoms with Crippen LogP contribution in [0.1, 0.15) is 51.9 Å². The van der Waals surface area contributed by atoms with E-state index in [1.54, 1.807) is 0 Å². The first-order valence-electron chi connectivity index (χ1n) is 5.49. The predicted octanol–water partition coefficient (Wildman–Crippen LogP) is 1.28. The highest BCUT2D eigenvalue weighted by Gasteiger charge is 2.23. The minimum atomic E-state index is -0.642. The predicted molar refractivity (Wildman–Crippen MR) is 56.0 cm³/mol. The molecule has 3 heteroatoms. The molecular formula is C10H23N3. The summed E-state index contributed by atoms with van der Waals surface area (Å²) in [4.78, 5) is 0. The van der Waals surface area contributed by atoms with Gasteiger partial charge in [-0.25, -0.2) is 0 Å². The third-order valence-corrected chi connectivity index (χ3v) is 2.74. The molecule has 1 aliphatic carbocycles. The van der Waals surface area contributed by atoms with E-state index >= 15 is 0 Å². The standard InChI is InChI=1S/C10H23N3/c1-2-8-10(11,12)13-9-6-4-3-5-7-9/h9,13H,2-8,11-12H2,1H3. The van der Waals surface area contributed by atoms with Gasteiger partial charge < -0.3 is 11.5 Å². The van der Waals surface area contributed by atoms with Gasteiger partial charge in [0.25, 0.3) is 0 Å². The van der Waals surface area contributed by atoms with E-state index in [0.717, 1.165) is 12.8 Å². The Bertz CT molecular complexity index is 139. The summed E-state index contributed by atoms with van der Waals surface area (Å²) in [5, 5.41) is 3.35. The van der Waals surface area contributed by atoms with Crippen LogP contribution in [0.3, 0.4) is 0 Å². The van der Waals surface area contributed by atoms with Crippen LogP contribution in [0.25, 0.3) is 0 Å². The average Bonchev–Trinajstić information content (AvgIpc) is 2.04. The largest absolute Gasteiger partial charge is 0.301 e. The van der Waals surface area contributed by atoms with Crippen LogP contribution in [0.4, 0.5) is 0 Å². The van der Waals surface area contributed by atoms with E-state index in [9.17, 15) is 0 Å². The molecule has 0 radical (unpaired) electrons. The average molecular weight is 185 g/mol. The molecule has 13 heavy (non-hydrogen) atoms. The van der Waals surface area contributed by atoms with E-state index < -0.39 is 5.79 Å². The lowest BCUT2D eigenvalue weighted by atomic mass is 9.94. The van der Waals surface area contributed by atoms with Gasteiger partial charge in [0.2, 0.25) is 0 Å². The molecular weight excluding hydrogens is 162 g/mol. The van der Waals surface area contributed by atoms with Crippen LogP contribution in [-0.2, 0) is 0 Å². The molecule has 1 fully saturated rings. The maximum atomic E-state index is 5.92. The van der Waals surface area contributed by atoms with Gasteiger partial charge in [-0.1, -0.05) is 32.6 Å². The monoisotopic (exact) mass is 185 g/mol. The lowest BCUT2D eigenvalue weighted by Crippen LogP contribution is -2.64. The zero-order chi connectivity index (χ0) is 9.73. The normalized spacial score (nSPS) is 20.5. The minimum absolute atomic E-state index is 0.551. The summed E-state index contributed by atoms with van der Waals surface area (Å²) in [5.74, 6) is -0.642. The molecule has 0 aromatic rings. The van der Waals surface area contributed by atoms with Crippen LogP contribution in [-0.4, -0.2) is 11.8 Å². The summed E-state index contributed by atoms with van der Waals surface area (Å²) in [6, 6.07) is 0.551. The third-order valence-electron chi connectivity index (χ3n) is 2.74. The van der Waals surface area contributed by atoms with Crippen molar-refractivity contribution >= 4 is 0 Å². The van der Waals surface area contributed by atoms with Crippen molar-refractivity contribution in [3.63, 3.8) is 0 Å². The lowest BCUT2D eigenvalue weighted by molar-refractivity contribution is 0.242. The first-order valence-corrected chi connectivity index (χ1v) is 5.49. The van der Waals surface area contributed by atoms with Crippen molar-refractivity contribution in [2.75, 3.05) is 0 Å². The highest BCUT2D eigenvalue weighted by Crippen LogP contribution is 2.18. The molecule has 0 heterocycles. The summed E-state index contributed by atoms with van der Waals surface area (Å²) in [5.41, 5.74) is 11.8. The Labute approximate surface area is 81.2 Å². The van der Waals surface area contributed by atoms with E-state index in [1.807, 2.05) is 0 Å². The molecule has 0 spiro atoms. The summed E-state index contributed by atoms with van der Waals surface area (Å²) >= 11 is 0. The Morgan fingerprint density at radius 2 is 1.85 bits per heavy atom. The van der Waals surface area contributed by atoms with Crippen molar-refractivity contribution in [3.8, 4) is 0 Å². The first kappa shape index (κ1) is 11.0. The Morgan fingerprint density at radius 1 is 1.23 bits per heavy atom. The van der Waals surface area contributed by atoms with E-state index in [0.29, 0.717) is 6.04 Å². The second-order valence-electron chi connectivity index (χ2n) is 4.27. The summed E-state index contributed by atoms with van der Waals surface area (Å²) in [6.07, 6.45) is 8.36. The fourth-order valence-corrected chi connectivity index (χ4v) is 2.11. The van der Waals surface area contributed by atoms with Crippen molar-refractivity contribution in [2.45, 2.75) is 63.7 Å². The smallest absolute Gasteiger partial charge is 0.118 e. The minimum Gasteiger partial charge on any atom is -0.301 e. The van der Waals surface area contributed by atoms with E-state index in [2.05, 4.69) is 12.2 Å². The number of nitrogens with one attached hydrogen (secondary N) is 1. The van der Waals surface area contributed by atoms with Crippen LogP contribution in [0.2, 0.25) is 0 Å². The quantitative estimate of drug-likeness (QED) is 0.578. The molecule has 0 atom stereocenters. The molecule has 0 saturated heterocycles. The molecule has 0 aromatic heterocycles. The highest BCUT2D eigenvalue weighted by molar-refractivity contribution is 4.81. The van der Waals surface area contributed by atoms with Crippen molar-refractivity contribution in [3.05, 3.63) is 0 Å². The summed E-state index contributed by atoms with van der Waals surface area (Å²) in [7, 11) is 0. The Kier molecular flexibility index (Phi) is 4.16. The SMILES string of the molecule is CCCC(N)(N)NC1CCCCC1. The molecule has 1 rings (SSSR count). The summed E-state index contributed by atoms with van der Waals surface area (Å²) in [6.45, 7) is 2.11. The fraction of sp³-hybridized carbons (Fsp3) is 1.00. The van der Waals surface area contributed by atoms with Gasteiger partial charge >= 0.3 is 0 Å². The molecule has 3 nitrogen and oxygen atoms in total. The lowest BCUT2D eigenvalue weighted by Gasteiger charge is -2.33. The van der Waals surface area contributed by atoms with E-state index in [4.69, 9.17) is 11.5 Å².